The average molecular weight is 492 g/mol. The van der Waals surface area contributed by atoms with Crippen molar-refractivity contribution in [2.75, 3.05) is 6.54 Å². The molecular weight excluding hydrogens is 454 g/mol. The third kappa shape index (κ3) is 10.2. The second kappa shape index (κ2) is 12.3. The highest BCUT2D eigenvalue weighted by Crippen LogP contribution is 2.32. The van der Waals surface area contributed by atoms with Gasteiger partial charge in [0.1, 0.15) is 0 Å². The molecule has 0 aromatic heterocycles. The summed E-state index contributed by atoms with van der Waals surface area (Å²) in [7, 11) is 0. The summed E-state index contributed by atoms with van der Waals surface area (Å²) in [6, 6.07) is 11.8. The zero-order chi connectivity index (χ0) is 24.8. The van der Waals surface area contributed by atoms with E-state index in [1.165, 1.54) is 0 Å². The van der Waals surface area contributed by atoms with E-state index < -0.39 is 18.0 Å². The first kappa shape index (κ1) is 29.6. The molecule has 0 radical (unpaired) electrons. The van der Waals surface area contributed by atoms with Gasteiger partial charge in [-0.25, -0.2) is 4.79 Å². The van der Waals surface area contributed by atoms with Gasteiger partial charge in [0.2, 0.25) is 0 Å². The normalized spacial score (nSPS) is 12.5. The molecule has 0 spiro atoms. The van der Waals surface area contributed by atoms with E-state index in [2.05, 4.69) is 5.32 Å². The van der Waals surface area contributed by atoms with Gasteiger partial charge in [-0.05, 0) is 69.4 Å². The molecule has 2 aromatic rings. The van der Waals surface area contributed by atoms with Gasteiger partial charge >= 0.3 is 11.9 Å². The first-order chi connectivity index (χ1) is 15.2. The standard InChI is InChI=1S/C27H37NO5.ClH/c1-18-8-10-19(11-9-18)25(31)33-22-13-12-20(21(29)17-28-27(5,6)7)16-23(22)32-24(30)14-15-26(2,3)4;/h8-13,16,21,28-29H,14-15,17H2,1-7H3;1H. The van der Waals surface area contributed by atoms with Crippen molar-refractivity contribution in [2.45, 2.75) is 73.0 Å². The van der Waals surface area contributed by atoms with Crippen molar-refractivity contribution in [3.8, 4) is 11.5 Å². The molecule has 188 valence electrons. The smallest absolute Gasteiger partial charge is 0.343 e. The van der Waals surface area contributed by atoms with Crippen molar-refractivity contribution < 1.29 is 24.2 Å². The Morgan fingerprint density at radius 1 is 0.941 bits per heavy atom. The zero-order valence-corrected chi connectivity index (χ0v) is 22.0. The van der Waals surface area contributed by atoms with Crippen LogP contribution < -0.4 is 14.8 Å². The molecule has 2 rings (SSSR count). The molecular formula is C27H38ClNO5. The summed E-state index contributed by atoms with van der Waals surface area (Å²) in [6.45, 7) is 14.4. The van der Waals surface area contributed by atoms with E-state index in [0.29, 0.717) is 24.1 Å². The Hall–Kier alpha value is -2.41. The number of benzene rings is 2. The number of ether oxygens (including phenoxy) is 2. The molecule has 0 heterocycles. The van der Waals surface area contributed by atoms with Crippen molar-refractivity contribution in [3.05, 3.63) is 59.2 Å². The summed E-state index contributed by atoms with van der Waals surface area (Å²) in [5.74, 6) is -0.729. The molecule has 1 atom stereocenters. The summed E-state index contributed by atoms with van der Waals surface area (Å²) < 4.78 is 11.1. The van der Waals surface area contributed by atoms with Gasteiger partial charge in [-0.2, -0.15) is 0 Å². The van der Waals surface area contributed by atoms with Crippen LogP contribution in [0.15, 0.2) is 42.5 Å². The average Bonchev–Trinajstić information content (AvgIpc) is 2.71. The molecule has 1 unspecified atom stereocenters. The molecule has 0 fully saturated rings. The fraction of sp³-hybridized carbons (Fsp3) is 0.481. The summed E-state index contributed by atoms with van der Waals surface area (Å²) in [4.78, 5) is 25.1. The summed E-state index contributed by atoms with van der Waals surface area (Å²) >= 11 is 0. The van der Waals surface area contributed by atoms with Crippen LogP contribution in [-0.2, 0) is 4.79 Å². The highest BCUT2D eigenvalue weighted by Gasteiger charge is 2.21. The Morgan fingerprint density at radius 3 is 2.12 bits per heavy atom. The second-order valence-electron chi connectivity index (χ2n) is 10.6. The van der Waals surface area contributed by atoms with E-state index in [1.807, 2.05) is 60.6 Å². The number of carbonyl (C=O) groups excluding carboxylic acids is 2. The van der Waals surface area contributed by atoms with Crippen LogP contribution in [0, 0.1) is 12.3 Å². The van der Waals surface area contributed by atoms with E-state index in [1.54, 1.807) is 30.3 Å². The number of nitrogens with one attached hydrogen (secondary N) is 1. The van der Waals surface area contributed by atoms with Crippen LogP contribution in [-0.4, -0.2) is 29.1 Å². The first-order valence-corrected chi connectivity index (χ1v) is 11.3. The van der Waals surface area contributed by atoms with Gasteiger partial charge in [-0.3, -0.25) is 4.79 Å². The van der Waals surface area contributed by atoms with Crippen LogP contribution >= 0.6 is 12.4 Å². The summed E-state index contributed by atoms with van der Waals surface area (Å²) in [5, 5.41) is 13.9. The van der Waals surface area contributed by atoms with E-state index in [4.69, 9.17) is 9.47 Å². The number of β-amino-alcohol motifs (C(OH)–C–C–N with tert-alkyl or cyclic N) is 1. The van der Waals surface area contributed by atoms with Crippen LogP contribution in [0.4, 0.5) is 0 Å². The molecule has 0 aliphatic rings. The summed E-state index contributed by atoms with van der Waals surface area (Å²) in [5.41, 5.74) is 1.80. The SMILES string of the molecule is Cc1ccc(C(=O)Oc2ccc(C(O)CNC(C)(C)C)cc2OC(=O)CCC(C)(C)C)cc1.Cl. The van der Waals surface area contributed by atoms with Gasteiger partial charge in [0.15, 0.2) is 11.5 Å². The lowest BCUT2D eigenvalue weighted by Gasteiger charge is -2.23. The minimum absolute atomic E-state index is 0. The van der Waals surface area contributed by atoms with Crippen LogP contribution in [0.1, 0.15) is 82.0 Å². The molecule has 0 aliphatic heterocycles. The van der Waals surface area contributed by atoms with Crippen molar-refractivity contribution in [3.63, 3.8) is 0 Å². The number of halogens is 1. The van der Waals surface area contributed by atoms with Gasteiger partial charge in [-0.15, -0.1) is 12.4 Å². The maximum Gasteiger partial charge on any atom is 0.343 e. The van der Waals surface area contributed by atoms with E-state index >= 15 is 0 Å². The monoisotopic (exact) mass is 491 g/mol. The summed E-state index contributed by atoms with van der Waals surface area (Å²) in [6.07, 6.45) is 0.0631. The fourth-order valence-electron chi connectivity index (χ4n) is 2.92. The molecule has 0 aliphatic carbocycles. The molecule has 0 bridgehead atoms. The van der Waals surface area contributed by atoms with Crippen molar-refractivity contribution in [1.29, 1.82) is 0 Å². The van der Waals surface area contributed by atoms with E-state index in [9.17, 15) is 14.7 Å². The quantitative estimate of drug-likeness (QED) is 0.359. The number of hydrogen-bond donors (Lipinski definition) is 2. The number of esters is 2. The second-order valence-corrected chi connectivity index (χ2v) is 10.6. The van der Waals surface area contributed by atoms with Gasteiger partial charge < -0.3 is 19.9 Å². The Labute approximate surface area is 209 Å². The van der Waals surface area contributed by atoms with Crippen molar-refractivity contribution >= 4 is 24.3 Å². The van der Waals surface area contributed by atoms with Gasteiger partial charge in [-0.1, -0.05) is 44.5 Å². The zero-order valence-electron chi connectivity index (χ0n) is 21.2. The van der Waals surface area contributed by atoms with E-state index in [-0.39, 0.29) is 41.3 Å². The number of carbonyl (C=O) groups is 2. The first-order valence-electron chi connectivity index (χ1n) is 11.3. The van der Waals surface area contributed by atoms with Crippen LogP contribution in [0.25, 0.3) is 0 Å². The Balaban J connectivity index is 0.00000578. The Kier molecular flexibility index (Phi) is 10.8. The predicted octanol–water partition coefficient (Wildman–Crippen LogP) is 5.79. The highest BCUT2D eigenvalue weighted by atomic mass is 35.5. The molecule has 0 amide bonds. The molecule has 34 heavy (non-hydrogen) atoms. The lowest BCUT2D eigenvalue weighted by molar-refractivity contribution is -0.135. The van der Waals surface area contributed by atoms with Gasteiger partial charge in [0, 0.05) is 18.5 Å². The molecule has 6 nitrogen and oxygen atoms in total. The van der Waals surface area contributed by atoms with E-state index in [0.717, 1.165) is 5.56 Å². The maximum atomic E-state index is 12.6. The molecule has 0 saturated heterocycles. The number of aryl methyl sites for hydroxylation is 1. The topological polar surface area (TPSA) is 84.9 Å². The number of rotatable bonds is 8. The third-order valence-electron chi connectivity index (χ3n) is 4.97. The Morgan fingerprint density at radius 2 is 1.56 bits per heavy atom. The molecule has 2 N–H and O–H groups in total. The fourth-order valence-corrected chi connectivity index (χ4v) is 2.92. The molecule has 7 heteroatoms. The number of aliphatic hydroxyl groups is 1. The minimum atomic E-state index is -0.821. The van der Waals surface area contributed by atoms with Gasteiger partial charge in [0.05, 0.1) is 11.7 Å². The largest absolute Gasteiger partial charge is 0.423 e. The highest BCUT2D eigenvalue weighted by molar-refractivity contribution is 5.91. The maximum absolute atomic E-state index is 12.6. The lowest BCUT2D eigenvalue weighted by atomic mass is 9.91. The van der Waals surface area contributed by atoms with Crippen molar-refractivity contribution in [1.82, 2.24) is 5.32 Å². The van der Waals surface area contributed by atoms with Crippen molar-refractivity contribution in [2.24, 2.45) is 5.41 Å². The van der Waals surface area contributed by atoms with Gasteiger partial charge in [0.25, 0.3) is 0 Å². The predicted molar refractivity (Wildman–Crippen MR) is 137 cm³/mol. The minimum Gasteiger partial charge on any atom is -0.423 e. The number of hydrogen-bond acceptors (Lipinski definition) is 6. The number of aliphatic hydroxyl groups excluding tert-OH is 1. The van der Waals surface area contributed by atoms with Crippen LogP contribution in [0.5, 0.6) is 11.5 Å². The lowest BCUT2D eigenvalue weighted by Crippen LogP contribution is -2.38. The van der Waals surface area contributed by atoms with Crippen LogP contribution in [0.2, 0.25) is 0 Å². The van der Waals surface area contributed by atoms with Crippen LogP contribution in [0.3, 0.4) is 0 Å². The Bertz CT molecular complexity index is 958. The third-order valence-corrected chi connectivity index (χ3v) is 4.97. The molecule has 2 aromatic carbocycles. The molecule has 0 saturated carbocycles.